The van der Waals surface area contributed by atoms with E-state index in [4.69, 9.17) is 0 Å². The lowest BCUT2D eigenvalue weighted by molar-refractivity contribution is 0.101. The second-order valence-corrected chi connectivity index (χ2v) is 5.70. The van der Waals surface area contributed by atoms with Crippen molar-refractivity contribution in [2.45, 2.75) is 19.8 Å². The number of Topliss-reactive ketones (excluding diaryl/α,β-unsaturated/α-hetero) is 1. The van der Waals surface area contributed by atoms with E-state index in [9.17, 15) is 4.79 Å². The molecular formula is C15H20N2O. The van der Waals surface area contributed by atoms with Crippen LogP contribution in [0.25, 0.3) is 0 Å². The molecule has 1 aromatic carbocycles. The lowest BCUT2D eigenvalue weighted by Gasteiger charge is -2.24. The maximum absolute atomic E-state index is 11.4. The fraction of sp³-hybridized carbons (Fsp3) is 0.533. The normalized spacial score (nSPS) is 27.1. The first-order chi connectivity index (χ1) is 8.69. The molecule has 1 N–H and O–H groups in total. The summed E-state index contributed by atoms with van der Waals surface area (Å²) in [5.74, 6) is 0.147. The number of nitrogens with one attached hydrogen (secondary N) is 1. The average Bonchev–Trinajstić information content (AvgIpc) is 3.01. The number of carbonyl (C=O) groups is 1. The Hall–Kier alpha value is -1.35. The van der Waals surface area contributed by atoms with Crippen molar-refractivity contribution in [1.82, 2.24) is 5.32 Å². The number of nitrogens with zero attached hydrogens (tertiary/aromatic N) is 1. The number of carbonyl (C=O) groups excluding carboxylic acids is 1. The van der Waals surface area contributed by atoms with Gasteiger partial charge in [0, 0.05) is 36.3 Å². The molecule has 3 nitrogen and oxygen atoms in total. The van der Waals surface area contributed by atoms with Gasteiger partial charge in [0.1, 0.15) is 0 Å². The maximum Gasteiger partial charge on any atom is 0.159 e. The molecule has 2 saturated heterocycles. The molecule has 2 fully saturated rings. The summed E-state index contributed by atoms with van der Waals surface area (Å²) in [4.78, 5) is 13.9. The van der Waals surface area contributed by atoms with Gasteiger partial charge >= 0.3 is 0 Å². The third-order valence-corrected chi connectivity index (χ3v) is 4.39. The van der Waals surface area contributed by atoms with Gasteiger partial charge in [-0.15, -0.1) is 0 Å². The van der Waals surface area contributed by atoms with E-state index in [0.717, 1.165) is 31.7 Å². The Kier molecular flexibility index (Phi) is 2.86. The molecular weight excluding hydrogens is 224 g/mol. The van der Waals surface area contributed by atoms with Gasteiger partial charge in [-0.2, -0.15) is 0 Å². The highest BCUT2D eigenvalue weighted by Crippen LogP contribution is 2.38. The first-order valence-corrected chi connectivity index (χ1v) is 6.75. The highest BCUT2D eigenvalue weighted by Gasteiger charge is 2.40. The summed E-state index contributed by atoms with van der Waals surface area (Å²) in [7, 11) is 0. The van der Waals surface area contributed by atoms with E-state index in [0.29, 0.717) is 5.41 Å². The molecule has 0 aliphatic carbocycles. The number of hydrogen-bond donors (Lipinski definition) is 1. The van der Waals surface area contributed by atoms with E-state index < -0.39 is 0 Å². The van der Waals surface area contributed by atoms with Crippen molar-refractivity contribution in [2.75, 3.05) is 31.1 Å². The maximum atomic E-state index is 11.4. The zero-order valence-corrected chi connectivity index (χ0v) is 10.9. The molecule has 0 saturated carbocycles. The van der Waals surface area contributed by atoms with Crippen LogP contribution in [0.4, 0.5) is 5.69 Å². The molecule has 2 heterocycles. The minimum absolute atomic E-state index is 0.147. The molecule has 1 unspecified atom stereocenters. The minimum atomic E-state index is 0.147. The standard InChI is InChI=1S/C15H20N2O/c1-12(18)13-3-2-4-14(9-13)17-8-6-15(11-17)5-7-16-10-15/h2-4,9,16H,5-8,10-11H2,1H3. The van der Waals surface area contributed by atoms with E-state index in [1.54, 1.807) is 6.92 Å². The summed E-state index contributed by atoms with van der Waals surface area (Å²) in [5.41, 5.74) is 2.50. The largest absolute Gasteiger partial charge is 0.371 e. The van der Waals surface area contributed by atoms with Crippen molar-refractivity contribution in [3.63, 3.8) is 0 Å². The summed E-state index contributed by atoms with van der Waals surface area (Å²) >= 11 is 0. The molecule has 3 rings (SSSR count). The first kappa shape index (κ1) is 11.7. The highest BCUT2D eigenvalue weighted by atomic mass is 16.1. The van der Waals surface area contributed by atoms with Crippen LogP contribution in [0.15, 0.2) is 24.3 Å². The van der Waals surface area contributed by atoms with Crippen LogP contribution in [0.3, 0.4) is 0 Å². The van der Waals surface area contributed by atoms with Crippen LogP contribution < -0.4 is 10.2 Å². The van der Waals surface area contributed by atoms with Crippen LogP contribution in [0.5, 0.6) is 0 Å². The zero-order valence-electron chi connectivity index (χ0n) is 10.9. The van der Waals surface area contributed by atoms with Crippen molar-refractivity contribution in [2.24, 2.45) is 5.41 Å². The van der Waals surface area contributed by atoms with Gasteiger partial charge in [-0.3, -0.25) is 4.79 Å². The van der Waals surface area contributed by atoms with E-state index in [1.807, 2.05) is 18.2 Å². The van der Waals surface area contributed by atoms with E-state index in [2.05, 4.69) is 16.3 Å². The van der Waals surface area contributed by atoms with Gasteiger partial charge < -0.3 is 10.2 Å². The zero-order chi connectivity index (χ0) is 12.6. The number of anilines is 1. The second-order valence-electron chi connectivity index (χ2n) is 5.70. The summed E-state index contributed by atoms with van der Waals surface area (Å²) in [5, 5.41) is 3.48. The van der Waals surface area contributed by atoms with Gasteiger partial charge in [-0.05, 0) is 38.4 Å². The quantitative estimate of drug-likeness (QED) is 0.808. The predicted molar refractivity (Wildman–Crippen MR) is 73.2 cm³/mol. The fourth-order valence-electron chi connectivity index (χ4n) is 3.22. The monoisotopic (exact) mass is 244 g/mol. The lowest BCUT2D eigenvalue weighted by atomic mass is 9.86. The predicted octanol–water partition coefficient (Wildman–Crippen LogP) is 2.08. The molecule has 2 aliphatic rings. The Labute approximate surface area is 108 Å². The molecule has 0 radical (unpaired) electrons. The summed E-state index contributed by atoms with van der Waals surface area (Å²) in [6.45, 7) is 6.17. The molecule has 3 heteroatoms. The van der Waals surface area contributed by atoms with Crippen molar-refractivity contribution in [3.05, 3.63) is 29.8 Å². The van der Waals surface area contributed by atoms with E-state index >= 15 is 0 Å². The van der Waals surface area contributed by atoms with E-state index in [1.165, 1.54) is 18.5 Å². The van der Waals surface area contributed by atoms with Crippen LogP contribution in [0.2, 0.25) is 0 Å². The summed E-state index contributed by atoms with van der Waals surface area (Å²) in [6.07, 6.45) is 2.56. The van der Waals surface area contributed by atoms with Gasteiger partial charge in [0.2, 0.25) is 0 Å². The molecule has 1 spiro atoms. The number of rotatable bonds is 2. The van der Waals surface area contributed by atoms with E-state index in [-0.39, 0.29) is 5.78 Å². The molecule has 96 valence electrons. The molecule has 1 atom stereocenters. The Morgan fingerprint density at radius 1 is 1.39 bits per heavy atom. The molecule has 0 amide bonds. The Morgan fingerprint density at radius 2 is 2.28 bits per heavy atom. The van der Waals surface area contributed by atoms with Gasteiger partial charge in [0.25, 0.3) is 0 Å². The molecule has 1 aromatic rings. The van der Waals surface area contributed by atoms with Crippen LogP contribution in [-0.4, -0.2) is 32.0 Å². The van der Waals surface area contributed by atoms with Crippen molar-refractivity contribution < 1.29 is 4.79 Å². The molecule has 2 aliphatic heterocycles. The van der Waals surface area contributed by atoms with Gasteiger partial charge in [-0.25, -0.2) is 0 Å². The summed E-state index contributed by atoms with van der Waals surface area (Å²) < 4.78 is 0. The Bertz CT molecular complexity index is 463. The number of hydrogen-bond acceptors (Lipinski definition) is 3. The molecule has 0 aromatic heterocycles. The third kappa shape index (κ3) is 2.03. The SMILES string of the molecule is CC(=O)c1cccc(N2CCC3(CCNC3)C2)c1. The highest BCUT2D eigenvalue weighted by molar-refractivity contribution is 5.95. The van der Waals surface area contributed by atoms with Crippen LogP contribution >= 0.6 is 0 Å². The van der Waals surface area contributed by atoms with Crippen molar-refractivity contribution in [1.29, 1.82) is 0 Å². The van der Waals surface area contributed by atoms with Gasteiger partial charge in [-0.1, -0.05) is 12.1 Å². The first-order valence-electron chi connectivity index (χ1n) is 6.75. The Morgan fingerprint density at radius 3 is 3.00 bits per heavy atom. The molecule has 18 heavy (non-hydrogen) atoms. The van der Waals surface area contributed by atoms with Gasteiger partial charge in [0.05, 0.1) is 0 Å². The number of ketones is 1. The molecule has 0 bridgehead atoms. The lowest BCUT2D eigenvalue weighted by Crippen LogP contribution is -2.29. The van der Waals surface area contributed by atoms with Crippen LogP contribution in [0, 0.1) is 5.41 Å². The smallest absolute Gasteiger partial charge is 0.159 e. The van der Waals surface area contributed by atoms with Crippen LogP contribution in [0.1, 0.15) is 30.1 Å². The number of benzene rings is 1. The fourth-order valence-corrected chi connectivity index (χ4v) is 3.22. The average molecular weight is 244 g/mol. The topological polar surface area (TPSA) is 32.3 Å². The third-order valence-electron chi connectivity index (χ3n) is 4.39. The minimum Gasteiger partial charge on any atom is -0.371 e. The second kappa shape index (κ2) is 4.39. The van der Waals surface area contributed by atoms with Crippen molar-refractivity contribution in [3.8, 4) is 0 Å². The van der Waals surface area contributed by atoms with Crippen LogP contribution in [-0.2, 0) is 0 Å². The van der Waals surface area contributed by atoms with Crippen molar-refractivity contribution >= 4 is 11.5 Å². The van der Waals surface area contributed by atoms with Gasteiger partial charge in [0.15, 0.2) is 5.78 Å². The Balaban J connectivity index is 1.80. The summed E-state index contributed by atoms with van der Waals surface area (Å²) in [6, 6.07) is 8.04.